The smallest absolute Gasteiger partial charge is 0.209 e. The van der Waals surface area contributed by atoms with Crippen LogP contribution in [0.1, 0.15) is 32.9 Å². The second-order valence-electron chi connectivity index (χ2n) is 4.67. The summed E-state index contributed by atoms with van der Waals surface area (Å²) >= 11 is 0. The minimum Gasteiger partial charge on any atom is -0.343 e. The third-order valence-corrected chi connectivity index (χ3v) is 3.33. The fourth-order valence-corrected chi connectivity index (χ4v) is 2.09. The van der Waals surface area contributed by atoms with Crippen molar-refractivity contribution in [1.82, 2.24) is 4.57 Å². The number of benzene rings is 1. The maximum absolute atomic E-state index is 13.5. The van der Waals surface area contributed by atoms with Crippen LogP contribution >= 0.6 is 0 Å². The van der Waals surface area contributed by atoms with Crippen molar-refractivity contribution in [3.63, 3.8) is 0 Å². The summed E-state index contributed by atoms with van der Waals surface area (Å²) in [4.78, 5) is 12.4. The fraction of sp³-hybridized carbons (Fsp3) is 0.267. The van der Waals surface area contributed by atoms with E-state index in [-0.39, 0.29) is 11.6 Å². The van der Waals surface area contributed by atoms with Gasteiger partial charge in [0.1, 0.15) is 5.82 Å². The van der Waals surface area contributed by atoms with Gasteiger partial charge in [-0.15, -0.1) is 0 Å². The molecule has 1 aromatic carbocycles. The van der Waals surface area contributed by atoms with Crippen LogP contribution in [0.5, 0.6) is 0 Å². The largest absolute Gasteiger partial charge is 0.343 e. The zero-order valence-corrected chi connectivity index (χ0v) is 11.0. The van der Waals surface area contributed by atoms with E-state index >= 15 is 0 Å². The normalized spacial score (nSPS) is 10.7. The lowest BCUT2D eigenvalue weighted by atomic mass is 10.0. The Balaban J connectivity index is 2.51. The average Bonchev–Trinajstić information content (AvgIpc) is 2.56. The van der Waals surface area contributed by atoms with Crippen molar-refractivity contribution in [2.45, 2.75) is 20.8 Å². The monoisotopic (exact) mass is 245 g/mol. The average molecular weight is 245 g/mol. The van der Waals surface area contributed by atoms with Crippen molar-refractivity contribution in [1.29, 1.82) is 0 Å². The Labute approximate surface area is 106 Å². The second kappa shape index (κ2) is 4.41. The minimum atomic E-state index is -0.342. The molecule has 0 atom stereocenters. The zero-order chi connectivity index (χ0) is 13.4. The summed E-state index contributed by atoms with van der Waals surface area (Å²) in [6.07, 6.45) is 0. The molecule has 94 valence electrons. The summed E-state index contributed by atoms with van der Waals surface area (Å²) < 4.78 is 15.1. The molecule has 2 nitrogen and oxygen atoms in total. The lowest BCUT2D eigenvalue weighted by Crippen LogP contribution is -2.09. The first kappa shape index (κ1) is 12.6. The highest BCUT2D eigenvalue weighted by Crippen LogP contribution is 2.19. The molecule has 3 heteroatoms. The Morgan fingerprint density at radius 1 is 1.17 bits per heavy atom. The number of carbonyl (C=O) groups is 1. The first-order valence-corrected chi connectivity index (χ1v) is 5.85. The molecule has 0 fully saturated rings. The molecule has 0 aliphatic rings. The van der Waals surface area contributed by atoms with Gasteiger partial charge < -0.3 is 4.57 Å². The Morgan fingerprint density at radius 3 is 2.33 bits per heavy atom. The number of aromatic nitrogens is 1. The van der Waals surface area contributed by atoms with Crippen LogP contribution in [0.25, 0.3) is 0 Å². The maximum Gasteiger partial charge on any atom is 0.209 e. The van der Waals surface area contributed by atoms with Gasteiger partial charge in [-0.05, 0) is 26.3 Å². The topological polar surface area (TPSA) is 22.0 Å². The molecule has 0 saturated heterocycles. The third-order valence-electron chi connectivity index (χ3n) is 3.33. The van der Waals surface area contributed by atoms with E-state index in [1.54, 1.807) is 24.6 Å². The van der Waals surface area contributed by atoms with Crippen LogP contribution < -0.4 is 0 Å². The van der Waals surface area contributed by atoms with Crippen LogP contribution in [-0.4, -0.2) is 10.4 Å². The molecule has 0 aliphatic heterocycles. The van der Waals surface area contributed by atoms with Crippen LogP contribution in [0, 0.1) is 26.6 Å². The Bertz CT molecular complexity index is 626. The number of carbonyl (C=O) groups excluding carboxylic acids is 1. The number of hydrogen-bond acceptors (Lipinski definition) is 1. The van der Waals surface area contributed by atoms with Gasteiger partial charge in [-0.2, -0.15) is 0 Å². The Morgan fingerprint density at radius 2 is 1.83 bits per heavy atom. The Kier molecular flexibility index (Phi) is 3.07. The SMILES string of the molecule is Cc1ccc(C(=O)c2cc(F)c(C)n2C)c(C)c1. The van der Waals surface area contributed by atoms with Crippen LogP contribution in [-0.2, 0) is 7.05 Å². The molecule has 0 spiro atoms. The van der Waals surface area contributed by atoms with Crippen molar-refractivity contribution >= 4 is 5.78 Å². The Hall–Kier alpha value is -1.90. The number of ketones is 1. The van der Waals surface area contributed by atoms with Crippen LogP contribution in [0.3, 0.4) is 0 Å². The molecule has 0 unspecified atom stereocenters. The lowest BCUT2D eigenvalue weighted by molar-refractivity contribution is 0.103. The zero-order valence-electron chi connectivity index (χ0n) is 11.0. The van der Waals surface area contributed by atoms with Gasteiger partial charge in [-0.25, -0.2) is 4.39 Å². The molecule has 0 saturated carbocycles. The molecule has 1 aromatic heterocycles. The highest BCUT2D eigenvalue weighted by atomic mass is 19.1. The summed E-state index contributed by atoms with van der Waals surface area (Å²) in [5.74, 6) is -0.479. The van der Waals surface area contributed by atoms with Crippen LogP contribution in [0.15, 0.2) is 24.3 Å². The van der Waals surface area contributed by atoms with Gasteiger partial charge in [0.15, 0.2) is 0 Å². The van der Waals surface area contributed by atoms with Crippen LogP contribution in [0.4, 0.5) is 4.39 Å². The van der Waals surface area contributed by atoms with Gasteiger partial charge >= 0.3 is 0 Å². The summed E-state index contributed by atoms with van der Waals surface area (Å²) in [6, 6.07) is 6.95. The third kappa shape index (κ3) is 1.96. The minimum absolute atomic E-state index is 0.137. The van der Waals surface area contributed by atoms with E-state index in [4.69, 9.17) is 0 Å². The molecule has 2 rings (SSSR count). The van der Waals surface area contributed by atoms with E-state index in [0.29, 0.717) is 17.0 Å². The summed E-state index contributed by atoms with van der Waals surface area (Å²) in [5.41, 5.74) is 3.51. The van der Waals surface area contributed by atoms with Crippen molar-refractivity contribution in [3.8, 4) is 0 Å². The second-order valence-corrected chi connectivity index (χ2v) is 4.67. The van der Waals surface area contributed by atoms with Crippen LogP contribution in [0.2, 0.25) is 0 Å². The molecule has 0 bridgehead atoms. The summed E-state index contributed by atoms with van der Waals surface area (Å²) in [5, 5.41) is 0. The predicted molar refractivity (Wildman–Crippen MR) is 69.5 cm³/mol. The standard InChI is InChI=1S/C15H16FNO/c1-9-5-6-12(10(2)7-9)15(18)14-8-13(16)11(3)17(14)4/h5-8H,1-4H3. The molecular formula is C15H16FNO. The fourth-order valence-electron chi connectivity index (χ4n) is 2.09. The molecule has 0 amide bonds. The first-order chi connectivity index (χ1) is 8.41. The number of nitrogens with zero attached hydrogens (tertiary/aromatic N) is 1. The molecule has 0 aliphatic carbocycles. The molecular weight excluding hydrogens is 229 g/mol. The number of halogens is 1. The highest BCUT2D eigenvalue weighted by molar-refractivity contribution is 6.09. The van der Waals surface area contributed by atoms with Gasteiger partial charge in [0, 0.05) is 18.7 Å². The van der Waals surface area contributed by atoms with Crippen molar-refractivity contribution in [3.05, 3.63) is 58.2 Å². The van der Waals surface area contributed by atoms with E-state index in [1.165, 1.54) is 6.07 Å². The van der Waals surface area contributed by atoms with Gasteiger partial charge in [0.05, 0.1) is 11.4 Å². The predicted octanol–water partition coefficient (Wildman–Crippen LogP) is 3.32. The molecule has 1 heterocycles. The van der Waals surface area contributed by atoms with Gasteiger partial charge in [0.2, 0.25) is 5.78 Å². The van der Waals surface area contributed by atoms with E-state index < -0.39 is 0 Å². The molecule has 18 heavy (non-hydrogen) atoms. The molecule has 0 N–H and O–H groups in total. The molecule has 0 radical (unpaired) electrons. The van der Waals surface area contributed by atoms with Crippen molar-refractivity contribution < 1.29 is 9.18 Å². The summed E-state index contributed by atoms with van der Waals surface area (Å²) in [6.45, 7) is 5.54. The first-order valence-electron chi connectivity index (χ1n) is 5.85. The number of rotatable bonds is 2. The van der Waals surface area contributed by atoms with E-state index in [0.717, 1.165) is 11.1 Å². The highest BCUT2D eigenvalue weighted by Gasteiger charge is 2.18. The lowest BCUT2D eigenvalue weighted by Gasteiger charge is -2.07. The number of hydrogen-bond donors (Lipinski definition) is 0. The van der Waals surface area contributed by atoms with E-state index in [2.05, 4.69) is 0 Å². The summed E-state index contributed by atoms with van der Waals surface area (Å²) in [7, 11) is 1.70. The van der Waals surface area contributed by atoms with Gasteiger partial charge in [0.25, 0.3) is 0 Å². The quantitative estimate of drug-likeness (QED) is 0.744. The maximum atomic E-state index is 13.5. The van der Waals surface area contributed by atoms with Crippen molar-refractivity contribution in [2.75, 3.05) is 0 Å². The van der Waals surface area contributed by atoms with Gasteiger partial charge in [-0.3, -0.25) is 4.79 Å². The number of aryl methyl sites for hydroxylation is 2. The molecule has 2 aromatic rings. The van der Waals surface area contributed by atoms with Crippen molar-refractivity contribution in [2.24, 2.45) is 7.05 Å². The van der Waals surface area contributed by atoms with Gasteiger partial charge in [-0.1, -0.05) is 23.8 Å². The van der Waals surface area contributed by atoms with E-state index in [9.17, 15) is 9.18 Å². The van der Waals surface area contributed by atoms with E-state index in [1.807, 2.05) is 26.0 Å².